The van der Waals surface area contributed by atoms with Gasteiger partial charge in [0.1, 0.15) is 0 Å². The number of aromatic nitrogens is 1. The van der Waals surface area contributed by atoms with Crippen molar-refractivity contribution in [1.29, 1.82) is 0 Å². The van der Waals surface area contributed by atoms with Crippen molar-refractivity contribution in [1.82, 2.24) is 4.98 Å². The third-order valence-electron chi connectivity index (χ3n) is 3.20. The standard InChI is InChI=1S/C13H13BrN2O/c14-11-3-1-2-10-12(4-6-15-13(10)11)16-7-5-9(17)8-16/h1-4,6,9,17H,5,7-8H2/t9-/m0/s1. The van der Waals surface area contributed by atoms with E-state index in [2.05, 4.69) is 31.9 Å². The molecule has 88 valence electrons. The number of β-amino-alcohol motifs (C(OH)–C–C–N with tert-alkyl or cyclic N) is 1. The Morgan fingerprint density at radius 1 is 1.35 bits per heavy atom. The summed E-state index contributed by atoms with van der Waals surface area (Å²) in [5.74, 6) is 0. The third-order valence-corrected chi connectivity index (χ3v) is 3.84. The summed E-state index contributed by atoms with van der Waals surface area (Å²) in [6.07, 6.45) is 2.47. The van der Waals surface area contributed by atoms with Crippen LogP contribution in [0.5, 0.6) is 0 Å². The van der Waals surface area contributed by atoms with Crippen LogP contribution in [-0.2, 0) is 0 Å². The number of fused-ring (bicyclic) bond motifs is 1. The van der Waals surface area contributed by atoms with Crippen molar-refractivity contribution >= 4 is 32.5 Å². The van der Waals surface area contributed by atoms with Crippen molar-refractivity contribution in [3.63, 3.8) is 0 Å². The molecule has 0 amide bonds. The van der Waals surface area contributed by atoms with E-state index < -0.39 is 0 Å². The number of para-hydroxylation sites is 1. The predicted molar refractivity (Wildman–Crippen MR) is 72.3 cm³/mol. The topological polar surface area (TPSA) is 36.4 Å². The Bertz CT molecular complexity index is 558. The highest BCUT2D eigenvalue weighted by Gasteiger charge is 2.21. The maximum Gasteiger partial charge on any atom is 0.0864 e. The number of aliphatic hydroxyl groups excluding tert-OH is 1. The molecule has 3 rings (SSSR count). The van der Waals surface area contributed by atoms with Gasteiger partial charge in [0, 0.05) is 34.8 Å². The van der Waals surface area contributed by atoms with Crippen molar-refractivity contribution < 1.29 is 5.11 Å². The first-order valence-electron chi connectivity index (χ1n) is 5.72. The molecule has 0 spiro atoms. The molecule has 0 saturated carbocycles. The molecule has 1 aliphatic heterocycles. The average Bonchev–Trinajstić information content (AvgIpc) is 2.76. The van der Waals surface area contributed by atoms with E-state index in [1.807, 2.05) is 24.4 Å². The molecule has 0 bridgehead atoms. The normalized spacial score (nSPS) is 20.1. The SMILES string of the molecule is O[C@H]1CCN(c2ccnc3c(Br)cccc23)C1. The highest BCUT2D eigenvalue weighted by atomic mass is 79.9. The van der Waals surface area contributed by atoms with Crippen LogP contribution in [0, 0.1) is 0 Å². The van der Waals surface area contributed by atoms with Crippen LogP contribution < -0.4 is 4.90 Å². The first-order valence-corrected chi connectivity index (χ1v) is 6.51. The number of rotatable bonds is 1. The number of nitrogens with zero attached hydrogens (tertiary/aromatic N) is 2. The van der Waals surface area contributed by atoms with Gasteiger partial charge in [-0.2, -0.15) is 0 Å². The zero-order valence-corrected chi connectivity index (χ0v) is 10.9. The van der Waals surface area contributed by atoms with E-state index >= 15 is 0 Å². The minimum Gasteiger partial charge on any atom is -0.391 e. The number of anilines is 1. The molecule has 0 unspecified atom stereocenters. The minimum absolute atomic E-state index is 0.203. The summed E-state index contributed by atoms with van der Waals surface area (Å²) in [5.41, 5.74) is 2.14. The van der Waals surface area contributed by atoms with Gasteiger partial charge in [0.15, 0.2) is 0 Å². The van der Waals surface area contributed by atoms with E-state index in [1.165, 1.54) is 0 Å². The van der Waals surface area contributed by atoms with E-state index in [9.17, 15) is 5.11 Å². The summed E-state index contributed by atoms with van der Waals surface area (Å²) in [6.45, 7) is 1.62. The van der Waals surface area contributed by atoms with Gasteiger partial charge in [-0.3, -0.25) is 4.98 Å². The second-order valence-corrected chi connectivity index (χ2v) is 5.21. The summed E-state index contributed by atoms with van der Waals surface area (Å²) in [6, 6.07) is 8.11. The molecule has 2 heterocycles. The summed E-state index contributed by atoms with van der Waals surface area (Å²) < 4.78 is 1.01. The summed E-state index contributed by atoms with van der Waals surface area (Å²) in [4.78, 5) is 6.62. The van der Waals surface area contributed by atoms with Crippen LogP contribution in [0.1, 0.15) is 6.42 Å². The lowest BCUT2D eigenvalue weighted by molar-refractivity contribution is 0.198. The Hall–Kier alpha value is -1.13. The summed E-state index contributed by atoms with van der Waals surface area (Å²) in [5, 5.41) is 10.8. The van der Waals surface area contributed by atoms with Crippen LogP contribution in [0.15, 0.2) is 34.9 Å². The number of pyridine rings is 1. The van der Waals surface area contributed by atoms with E-state index in [1.54, 1.807) is 0 Å². The number of hydrogen-bond acceptors (Lipinski definition) is 3. The van der Waals surface area contributed by atoms with Crippen LogP contribution >= 0.6 is 15.9 Å². The Balaban J connectivity index is 2.13. The van der Waals surface area contributed by atoms with Crippen LogP contribution in [0.3, 0.4) is 0 Å². The van der Waals surface area contributed by atoms with Gasteiger partial charge < -0.3 is 10.0 Å². The number of aliphatic hydroxyl groups is 1. The van der Waals surface area contributed by atoms with Gasteiger partial charge in [0.05, 0.1) is 11.6 Å². The lowest BCUT2D eigenvalue weighted by atomic mass is 10.2. The molecule has 1 saturated heterocycles. The molecule has 1 fully saturated rings. The van der Waals surface area contributed by atoms with Crippen molar-refractivity contribution in [3.8, 4) is 0 Å². The highest BCUT2D eigenvalue weighted by Crippen LogP contribution is 2.31. The molecule has 2 aromatic rings. The smallest absolute Gasteiger partial charge is 0.0864 e. The molecule has 1 N–H and O–H groups in total. The number of benzene rings is 1. The molecule has 1 aromatic carbocycles. The Morgan fingerprint density at radius 2 is 2.24 bits per heavy atom. The highest BCUT2D eigenvalue weighted by molar-refractivity contribution is 9.10. The fourth-order valence-electron chi connectivity index (χ4n) is 2.36. The Labute approximate surface area is 108 Å². The molecule has 1 atom stereocenters. The Morgan fingerprint density at radius 3 is 3.00 bits per heavy atom. The minimum atomic E-state index is -0.203. The lowest BCUT2D eigenvalue weighted by Gasteiger charge is -2.19. The molecular formula is C13H13BrN2O. The molecule has 4 heteroatoms. The monoisotopic (exact) mass is 292 g/mol. The first-order chi connectivity index (χ1) is 8.25. The molecule has 1 aliphatic rings. The molecule has 1 aromatic heterocycles. The zero-order valence-electron chi connectivity index (χ0n) is 9.31. The van der Waals surface area contributed by atoms with Gasteiger partial charge in [-0.15, -0.1) is 0 Å². The fourth-order valence-corrected chi connectivity index (χ4v) is 2.83. The van der Waals surface area contributed by atoms with E-state index in [4.69, 9.17) is 0 Å². The summed E-state index contributed by atoms with van der Waals surface area (Å²) in [7, 11) is 0. The van der Waals surface area contributed by atoms with Crippen LogP contribution in [-0.4, -0.2) is 29.3 Å². The van der Waals surface area contributed by atoms with E-state index in [0.717, 1.165) is 34.0 Å². The zero-order chi connectivity index (χ0) is 11.8. The maximum absolute atomic E-state index is 9.62. The average molecular weight is 293 g/mol. The fraction of sp³-hybridized carbons (Fsp3) is 0.308. The van der Waals surface area contributed by atoms with Gasteiger partial charge >= 0.3 is 0 Å². The number of hydrogen-bond donors (Lipinski definition) is 1. The van der Waals surface area contributed by atoms with Crippen molar-refractivity contribution in [2.45, 2.75) is 12.5 Å². The first kappa shape index (κ1) is 11.0. The van der Waals surface area contributed by atoms with Gasteiger partial charge in [0.25, 0.3) is 0 Å². The van der Waals surface area contributed by atoms with Crippen LogP contribution in [0.25, 0.3) is 10.9 Å². The molecule has 0 radical (unpaired) electrons. The second kappa shape index (κ2) is 4.27. The van der Waals surface area contributed by atoms with Crippen molar-refractivity contribution in [2.24, 2.45) is 0 Å². The lowest BCUT2D eigenvalue weighted by Crippen LogP contribution is -2.21. The van der Waals surface area contributed by atoms with Crippen LogP contribution in [0.4, 0.5) is 5.69 Å². The third kappa shape index (κ3) is 1.91. The van der Waals surface area contributed by atoms with Gasteiger partial charge in [0.2, 0.25) is 0 Å². The maximum atomic E-state index is 9.62. The van der Waals surface area contributed by atoms with Gasteiger partial charge in [-0.1, -0.05) is 12.1 Å². The van der Waals surface area contributed by atoms with Crippen molar-refractivity contribution in [2.75, 3.05) is 18.0 Å². The molecule has 0 aliphatic carbocycles. The molecule has 17 heavy (non-hydrogen) atoms. The molecule has 3 nitrogen and oxygen atoms in total. The van der Waals surface area contributed by atoms with Crippen LogP contribution in [0.2, 0.25) is 0 Å². The van der Waals surface area contributed by atoms with E-state index in [-0.39, 0.29) is 6.10 Å². The predicted octanol–water partition coefficient (Wildman–Crippen LogP) is 2.57. The largest absolute Gasteiger partial charge is 0.391 e. The van der Waals surface area contributed by atoms with Crippen molar-refractivity contribution in [3.05, 3.63) is 34.9 Å². The van der Waals surface area contributed by atoms with Gasteiger partial charge in [-0.05, 0) is 34.5 Å². The number of halogens is 1. The van der Waals surface area contributed by atoms with Gasteiger partial charge in [-0.25, -0.2) is 0 Å². The Kier molecular flexibility index (Phi) is 2.76. The second-order valence-electron chi connectivity index (χ2n) is 4.35. The summed E-state index contributed by atoms with van der Waals surface area (Å²) >= 11 is 3.52. The van der Waals surface area contributed by atoms with E-state index in [0.29, 0.717) is 6.54 Å². The molecular weight excluding hydrogens is 280 g/mol. The quantitative estimate of drug-likeness (QED) is 0.878.